The van der Waals surface area contributed by atoms with Gasteiger partial charge in [0.2, 0.25) is 0 Å². The van der Waals surface area contributed by atoms with Gasteiger partial charge in [-0.3, -0.25) is 14.9 Å². The van der Waals surface area contributed by atoms with Crippen molar-refractivity contribution in [1.82, 2.24) is 4.90 Å². The highest BCUT2D eigenvalue weighted by Crippen LogP contribution is 2.19. The molecule has 3 rings (SSSR count). The van der Waals surface area contributed by atoms with Crippen molar-refractivity contribution in [2.24, 2.45) is 0 Å². The number of nitrogens with one attached hydrogen (secondary N) is 1. The Kier molecular flexibility index (Phi) is 4.76. The molecule has 1 amide bonds. The highest BCUT2D eigenvalue weighted by molar-refractivity contribution is 5.77. The van der Waals surface area contributed by atoms with Gasteiger partial charge in [0, 0.05) is 30.9 Å². The lowest BCUT2D eigenvalue weighted by Gasteiger charge is -2.33. The Labute approximate surface area is 135 Å². The number of carbonyl (C=O) groups excluding carboxylic acids is 1. The zero-order valence-corrected chi connectivity index (χ0v) is 13.2. The molecule has 1 N–H and O–H groups in total. The van der Waals surface area contributed by atoms with Gasteiger partial charge in [-0.2, -0.15) is 0 Å². The van der Waals surface area contributed by atoms with Crippen LogP contribution < -0.4 is 9.80 Å². The zero-order valence-electron chi connectivity index (χ0n) is 13.2. The van der Waals surface area contributed by atoms with E-state index in [1.807, 2.05) is 4.90 Å². The highest BCUT2D eigenvalue weighted by Gasteiger charge is 2.26. The number of nitrogens with zero attached hydrogens (tertiary/aromatic N) is 3. The number of nitro benzene ring substituents is 1. The largest absolute Gasteiger partial charge is 0.360 e. The number of likely N-dealkylation sites (tertiary alicyclic amines) is 1. The highest BCUT2D eigenvalue weighted by atomic mass is 16.6. The van der Waals surface area contributed by atoms with Crippen LogP contribution in [0.3, 0.4) is 0 Å². The predicted octanol–water partition coefficient (Wildman–Crippen LogP) is -0.0779. The number of hydrogen-bond donors (Lipinski definition) is 1. The minimum atomic E-state index is -0.379. The number of amides is 1. The number of benzene rings is 1. The fourth-order valence-electron chi connectivity index (χ4n) is 3.34. The summed E-state index contributed by atoms with van der Waals surface area (Å²) in [6, 6.07) is 6.70. The van der Waals surface area contributed by atoms with Crippen LogP contribution in [0.2, 0.25) is 0 Å². The topological polar surface area (TPSA) is 71.1 Å². The number of anilines is 1. The smallest absolute Gasteiger partial charge is 0.277 e. The molecule has 0 saturated carbocycles. The van der Waals surface area contributed by atoms with Gasteiger partial charge in [-0.1, -0.05) is 0 Å². The normalized spacial score (nSPS) is 19.1. The molecule has 0 aliphatic carbocycles. The van der Waals surface area contributed by atoms with Gasteiger partial charge in [0.15, 0.2) is 6.54 Å². The first-order chi connectivity index (χ1) is 11.1. The molecule has 7 heteroatoms. The molecule has 2 saturated heterocycles. The average molecular weight is 319 g/mol. The minimum Gasteiger partial charge on any atom is -0.360 e. The maximum Gasteiger partial charge on any atom is 0.277 e. The maximum atomic E-state index is 12.2. The van der Waals surface area contributed by atoms with E-state index in [-0.39, 0.29) is 16.5 Å². The monoisotopic (exact) mass is 319 g/mol. The molecule has 0 aromatic heterocycles. The Balaban J connectivity index is 1.49. The summed E-state index contributed by atoms with van der Waals surface area (Å²) in [4.78, 5) is 28.1. The van der Waals surface area contributed by atoms with Crippen LogP contribution in [0, 0.1) is 10.1 Å². The van der Waals surface area contributed by atoms with Crippen LogP contribution in [0.15, 0.2) is 24.3 Å². The molecule has 0 radical (unpaired) electrons. The van der Waals surface area contributed by atoms with Crippen molar-refractivity contribution in [2.45, 2.75) is 12.8 Å². The van der Waals surface area contributed by atoms with Crippen molar-refractivity contribution in [3.8, 4) is 0 Å². The molecular weight excluding hydrogens is 296 g/mol. The molecule has 2 aliphatic rings. The van der Waals surface area contributed by atoms with Crippen LogP contribution in [0.25, 0.3) is 0 Å². The SMILES string of the molecule is O=C(C[NH+]1CCN(c2ccc([N+](=O)[O-])cc2)CC1)N1CCCC1. The summed E-state index contributed by atoms with van der Waals surface area (Å²) in [6.45, 7) is 6.03. The van der Waals surface area contributed by atoms with E-state index >= 15 is 0 Å². The molecular formula is C16H23N4O3+. The lowest BCUT2D eigenvalue weighted by Crippen LogP contribution is -3.15. The van der Waals surface area contributed by atoms with Gasteiger partial charge in [0.05, 0.1) is 31.1 Å². The van der Waals surface area contributed by atoms with Crippen LogP contribution >= 0.6 is 0 Å². The molecule has 2 heterocycles. The van der Waals surface area contributed by atoms with E-state index < -0.39 is 0 Å². The Bertz CT molecular complexity index is 561. The summed E-state index contributed by atoms with van der Waals surface area (Å²) in [6.07, 6.45) is 2.27. The molecule has 0 bridgehead atoms. The second-order valence-corrected chi connectivity index (χ2v) is 6.28. The number of hydrogen-bond acceptors (Lipinski definition) is 4. The molecule has 7 nitrogen and oxygen atoms in total. The molecule has 0 atom stereocenters. The summed E-state index contributed by atoms with van der Waals surface area (Å²) in [5.41, 5.74) is 1.13. The average Bonchev–Trinajstić information content (AvgIpc) is 3.10. The summed E-state index contributed by atoms with van der Waals surface area (Å²) in [7, 11) is 0. The number of piperazine rings is 1. The summed E-state index contributed by atoms with van der Waals surface area (Å²) in [5.74, 6) is 0.279. The van der Waals surface area contributed by atoms with Crippen molar-refractivity contribution in [3.05, 3.63) is 34.4 Å². The first kappa shape index (κ1) is 15.7. The second kappa shape index (κ2) is 6.95. The standard InChI is InChI=1S/C16H22N4O3/c21-16(19-7-1-2-8-19)13-17-9-11-18(12-10-17)14-3-5-15(6-4-14)20(22)23/h3-6H,1-2,7-13H2/p+1. The van der Waals surface area contributed by atoms with Crippen LogP contribution in [-0.4, -0.2) is 61.5 Å². The van der Waals surface area contributed by atoms with E-state index in [1.165, 1.54) is 4.90 Å². The number of quaternary nitrogens is 1. The van der Waals surface area contributed by atoms with Gasteiger partial charge >= 0.3 is 0 Å². The third-order valence-corrected chi connectivity index (χ3v) is 4.76. The second-order valence-electron chi connectivity index (χ2n) is 6.28. The van der Waals surface area contributed by atoms with Crippen molar-refractivity contribution < 1.29 is 14.6 Å². The van der Waals surface area contributed by atoms with Gasteiger partial charge in [-0.15, -0.1) is 0 Å². The van der Waals surface area contributed by atoms with Gasteiger partial charge in [0.1, 0.15) is 0 Å². The Hall–Kier alpha value is -2.15. The molecule has 1 aromatic rings. The van der Waals surface area contributed by atoms with Crippen LogP contribution in [-0.2, 0) is 4.79 Å². The number of non-ortho nitro benzene ring substituents is 1. The zero-order chi connectivity index (χ0) is 16.2. The van der Waals surface area contributed by atoms with Gasteiger partial charge in [0.25, 0.3) is 11.6 Å². The Morgan fingerprint density at radius 1 is 1.09 bits per heavy atom. The Morgan fingerprint density at radius 2 is 1.70 bits per heavy atom. The van der Waals surface area contributed by atoms with E-state index in [9.17, 15) is 14.9 Å². The van der Waals surface area contributed by atoms with Gasteiger partial charge < -0.3 is 14.7 Å². The number of nitro groups is 1. The maximum absolute atomic E-state index is 12.2. The van der Waals surface area contributed by atoms with Crippen LogP contribution in [0.1, 0.15) is 12.8 Å². The first-order valence-corrected chi connectivity index (χ1v) is 8.24. The molecule has 0 unspecified atom stereocenters. The molecule has 1 aromatic carbocycles. The molecule has 0 spiro atoms. The molecule has 2 fully saturated rings. The van der Waals surface area contributed by atoms with E-state index in [2.05, 4.69) is 4.90 Å². The third kappa shape index (κ3) is 3.79. The van der Waals surface area contributed by atoms with Crippen molar-refractivity contribution in [1.29, 1.82) is 0 Å². The predicted molar refractivity (Wildman–Crippen MR) is 86.7 cm³/mol. The lowest BCUT2D eigenvalue weighted by atomic mass is 10.2. The van der Waals surface area contributed by atoms with Crippen LogP contribution in [0.5, 0.6) is 0 Å². The van der Waals surface area contributed by atoms with Gasteiger partial charge in [-0.25, -0.2) is 0 Å². The summed E-state index contributed by atoms with van der Waals surface area (Å²) in [5, 5.41) is 10.7. The van der Waals surface area contributed by atoms with E-state index in [0.717, 1.165) is 57.8 Å². The Morgan fingerprint density at radius 3 is 2.26 bits per heavy atom. The fraction of sp³-hybridized carbons (Fsp3) is 0.562. The van der Waals surface area contributed by atoms with E-state index in [4.69, 9.17) is 0 Å². The van der Waals surface area contributed by atoms with E-state index in [1.54, 1.807) is 24.3 Å². The summed E-state index contributed by atoms with van der Waals surface area (Å²) >= 11 is 0. The minimum absolute atomic E-state index is 0.120. The first-order valence-electron chi connectivity index (χ1n) is 8.24. The fourth-order valence-corrected chi connectivity index (χ4v) is 3.34. The quantitative estimate of drug-likeness (QED) is 0.622. The summed E-state index contributed by atoms with van der Waals surface area (Å²) < 4.78 is 0. The third-order valence-electron chi connectivity index (χ3n) is 4.76. The lowest BCUT2D eigenvalue weighted by molar-refractivity contribution is -0.892. The molecule has 2 aliphatic heterocycles. The van der Waals surface area contributed by atoms with Crippen molar-refractivity contribution >= 4 is 17.3 Å². The molecule has 124 valence electrons. The number of rotatable bonds is 4. The van der Waals surface area contributed by atoms with E-state index in [0.29, 0.717) is 6.54 Å². The number of carbonyl (C=O) groups is 1. The molecule has 23 heavy (non-hydrogen) atoms. The van der Waals surface area contributed by atoms with Crippen molar-refractivity contribution in [3.63, 3.8) is 0 Å². The van der Waals surface area contributed by atoms with Gasteiger partial charge in [-0.05, 0) is 25.0 Å². The van der Waals surface area contributed by atoms with Crippen LogP contribution in [0.4, 0.5) is 11.4 Å². The van der Waals surface area contributed by atoms with Crippen molar-refractivity contribution in [2.75, 3.05) is 50.7 Å².